The van der Waals surface area contributed by atoms with Gasteiger partial charge < -0.3 is 0 Å². The Morgan fingerprint density at radius 1 is 1.38 bits per heavy atom. The summed E-state index contributed by atoms with van der Waals surface area (Å²) in [5, 5.41) is 4.33. The summed E-state index contributed by atoms with van der Waals surface area (Å²) in [5.74, 6) is 0. The SMILES string of the molecule is CCN=C(C)SC.CCN[C](C)=[W]. The molecule has 0 aromatic carbocycles. The fourth-order valence-electron chi connectivity index (χ4n) is 0.536. The van der Waals surface area contributed by atoms with Crippen molar-refractivity contribution in [1.82, 2.24) is 5.32 Å². The van der Waals surface area contributed by atoms with E-state index in [9.17, 15) is 0 Å². The average Bonchev–Trinajstić information content (AvgIpc) is 2.05. The van der Waals surface area contributed by atoms with Crippen molar-refractivity contribution in [3.8, 4) is 0 Å². The van der Waals surface area contributed by atoms with E-state index in [1.807, 2.05) is 20.1 Å². The van der Waals surface area contributed by atoms with Crippen molar-refractivity contribution in [2.75, 3.05) is 19.3 Å². The van der Waals surface area contributed by atoms with Gasteiger partial charge in [-0.3, -0.25) is 4.99 Å². The predicted molar refractivity (Wildman–Crippen MR) is 61.5 cm³/mol. The molecule has 1 N–H and O–H groups in total. The maximum atomic E-state index is 4.12. The van der Waals surface area contributed by atoms with Crippen LogP contribution in [0.5, 0.6) is 0 Å². The van der Waals surface area contributed by atoms with Crippen molar-refractivity contribution in [2.24, 2.45) is 4.99 Å². The van der Waals surface area contributed by atoms with Crippen molar-refractivity contribution in [2.45, 2.75) is 27.7 Å². The van der Waals surface area contributed by atoms with Crippen LogP contribution in [-0.4, -0.2) is 28.4 Å². The molecular weight excluding hydrogens is 352 g/mol. The second-order valence-corrected chi connectivity index (χ2v) is 5.48. The van der Waals surface area contributed by atoms with Crippen LogP contribution in [0.3, 0.4) is 0 Å². The number of hydrogen-bond donors (Lipinski definition) is 1. The summed E-state index contributed by atoms with van der Waals surface area (Å²) in [6.07, 6.45) is 2.04. The van der Waals surface area contributed by atoms with Crippen LogP contribution in [0.15, 0.2) is 4.99 Å². The zero-order chi connectivity index (χ0) is 10.7. The molecule has 0 aliphatic carbocycles. The van der Waals surface area contributed by atoms with Crippen LogP contribution in [0.25, 0.3) is 0 Å². The van der Waals surface area contributed by atoms with Gasteiger partial charge in [-0.1, -0.05) is 0 Å². The van der Waals surface area contributed by atoms with Crippen LogP contribution in [0, 0.1) is 0 Å². The third-order valence-electron chi connectivity index (χ3n) is 1.10. The molecule has 0 saturated carbocycles. The summed E-state index contributed by atoms with van der Waals surface area (Å²) < 4.78 is 1.37. The summed E-state index contributed by atoms with van der Waals surface area (Å²) in [6.45, 7) is 10.2. The maximum absolute atomic E-state index is 4.12. The average molecular weight is 372 g/mol. The molecule has 4 heteroatoms. The van der Waals surface area contributed by atoms with Gasteiger partial charge in [0.1, 0.15) is 0 Å². The Labute approximate surface area is 97.4 Å². The fraction of sp³-hybridized carbons (Fsp3) is 0.778. The molecule has 0 unspecified atom stereocenters. The molecule has 0 amide bonds. The second-order valence-electron chi connectivity index (χ2n) is 2.28. The van der Waals surface area contributed by atoms with Gasteiger partial charge in [0, 0.05) is 6.54 Å². The third kappa shape index (κ3) is 19.1. The molecule has 0 aromatic heterocycles. The van der Waals surface area contributed by atoms with Gasteiger partial charge in [0.25, 0.3) is 0 Å². The van der Waals surface area contributed by atoms with Gasteiger partial charge in [-0.05, 0) is 20.1 Å². The van der Waals surface area contributed by atoms with Crippen molar-refractivity contribution < 1.29 is 19.4 Å². The Morgan fingerprint density at radius 2 is 1.92 bits per heavy atom. The first-order valence-corrected chi connectivity index (χ1v) is 7.07. The Hall–Kier alpha value is 0.538. The van der Waals surface area contributed by atoms with Gasteiger partial charge in [-0.15, -0.1) is 11.8 Å². The Bertz CT molecular complexity index is 158. The molecule has 13 heavy (non-hydrogen) atoms. The number of nitrogens with one attached hydrogen (secondary N) is 1. The number of rotatable bonds is 3. The molecule has 0 bridgehead atoms. The molecule has 0 aromatic rings. The number of aliphatic imine (C=N–C) groups is 1. The molecule has 0 spiro atoms. The first-order chi connectivity index (χ1) is 6.08. The zero-order valence-corrected chi connectivity index (χ0v) is 12.9. The monoisotopic (exact) mass is 372 g/mol. The van der Waals surface area contributed by atoms with Crippen LogP contribution in [0.2, 0.25) is 0 Å². The van der Waals surface area contributed by atoms with E-state index in [0.717, 1.165) is 13.1 Å². The molecule has 2 nitrogen and oxygen atoms in total. The first kappa shape index (κ1) is 16.0. The standard InChI is InChI=1S/C5H11NS.C4H9N.W/c1-4-6-5(2)7-3;1-3-5-4-2;/h4H2,1-3H3;5H,3H2,1-2H3;. The molecule has 0 aliphatic rings. The summed E-state index contributed by atoms with van der Waals surface area (Å²) in [5.41, 5.74) is 0. The van der Waals surface area contributed by atoms with Crippen LogP contribution in [0.4, 0.5) is 0 Å². The van der Waals surface area contributed by atoms with Crippen molar-refractivity contribution in [1.29, 1.82) is 0 Å². The van der Waals surface area contributed by atoms with E-state index in [-0.39, 0.29) is 0 Å². The van der Waals surface area contributed by atoms with Crippen LogP contribution >= 0.6 is 11.8 Å². The van der Waals surface area contributed by atoms with E-state index in [1.165, 1.54) is 28.4 Å². The molecule has 78 valence electrons. The summed E-state index contributed by atoms with van der Waals surface area (Å²) in [6, 6.07) is 0. The van der Waals surface area contributed by atoms with Crippen molar-refractivity contribution in [3.05, 3.63) is 0 Å². The summed E-state index contributed by atoms with van der Waals surface area (Å²) >= 11 is 3.23. The minimum absolute atomic E-state index is 0.909. The number of thioether (sulfide) groups is 1. The molecule has 0 atom stereocenters. The van der Waals surface area contributed by atoms with E-state index in [2.05, 4.69) is 24.2 Å². The van der Waals surface area contributed by atoms with Gasteiger partial charge in [0.05, 0.1) is 5.04 Å². The number of hydrogen-bond acceptors (Lipinski definition) is 3. The van der Waals surface area contributed by atoms with E-state index in [0.29, 0.717) is 0 Å². The Kier molecular flexibility index (Phi) is 15.4. The van der Waals surface area contributed by atoms with E-state index >= 15 is 0 Å². The minimum atomic E-state index is 0.909. The number of nitrogens with zero attached hydrogens (tertiary/aromatic N) is 1. The van der Waals surface area contributed by atoms with E-state index < -0.39 is 0 Å². The van der Waals surface area contributed by atoms with Crippen molar-refractivity contribution in [3.63, 3.8) is 0 Å². The molecule has 0 rings (SSSR count). The Morgan fingerprint density at radius 3 is 2.00 bits per heavy atom. The topological polar surface area (TPSA) is 24.4 Å². The summed E-state index contributed by atoms with van der Waals surface area (Å²) in [7, 11) is 0. The Balaban J connectivity index is 0. The molecule has 0 aliphatic heterocycles. The first-order valence-electron chi connectivity index (χ1n) is 4.37. The molecule has 0 saturated heterocycles. The molecule has 0 heterocycles. The molecular formula is C9H20N2SW. The van der Waals surface area contributed by atoms with Gasteiger partial charge >= 0.3 is 49.1 Å². The fourth-order valence-corrected chi connectivity index (χ4v) is 1.31. The van der Waals surface area contributed by atoms with E-state index in [4.69, 9.17) is 0 Å². The molecule has 0 radical (unpaired) electrons. The second kappa shape index (κ2) is 12.5. The van der Waals surface area contributed by atoms with Gasteiger partial charge in [-0.2, -0.15) is 0 Å². The summed E-state index contributed by atoms with van der Waals surface area (Å²) in [4.78, 5) is 4.12. The van der Waals surface area contributed by atoms with Crippen LogP contribution in [-0.2, 0) is 19.4 Å². The predicted octanol–water partition coefficient (Wildman–Crippen LogP) is 2.08. The van der Waals surface area contributed by atoms with Gasteiger partial charge in [0.2, 0.25) is 0 Å². The van der Waals surface area contributed by atoms with Crippen molar-refractivity contribution >= 4 is 20.8 Å². The van der Waals surface area contributed by atoms with E-state index in [1.54, 1.807) is 11.8 Å². The zero-order valence-electron chi connectivity index (χ0n) is 9.18. The van der Waals surface area contributed by atoms with Gasteiger partial charge in [0.15, 0.2) is 0 Å². The van der Waals surface area contributed by atoms with Gasteiger partial charge in [-0.25, -0.2) is 0 Å². The molecule has 0 fully saturated rings. The van der Waals surface area contributed by atoms with Crippen LogP contribution < -0.4 is 5.32 Å². The quantitative estimate of drug-likeness (QED) is 0.606. The third-order valence-corrected chi connectivity index (χ3v) is 2.34. The normalized spacial score (nSPS) is 10.4. The van der Waals surface area contributed by atoms with Crippen LogP contribution in [0.1, 0.15) is 27.7 Å².